The maximum Gasteiger partial charge on any atom is 0.261 e. The second kappa shape index (κ2) is 6.76. The van der Waals surface area contributed by atoms with Crippen LogP contribution in [0.5, 0.6) is 0 Å². The van der Waals surface area contributed by atoms with Gasteiger partial charge < -0.3 is 5.32 Å². The number of rotatable bonds is 5. The van der Waals surface area contributed by atoms with E-state index in [4.69, 9.17) is 0 Å². The Balaban J connectivity index is 2.34. The van der Waals surface area contributed by atoms with Gasteiger partial charge in [-0.25, -0.2) is 8.42 Å². The highest BCUT2D eigenvalue weighted by atomic mass is 127. The number of para-hydroxylation sites is 1. The van der Waals surface area contributed by atoms with Gasteiger partial charge in [-0.1, -0.05) is 24.3 Å². The van der Waals surface area contributed by atoms with Crippen LogP contribution in [0.2, 0.25) is 0 Å². The summed E-state index contributed by atoms with van der Waals surface area (Å²) < 4.78 is 28.5. The van der Waals surface area contributed by atoms with E-state index in [1.807, 2.05) is 32.2 Å². The van der Waals surface area contributed by atoms with Gasteiger partial charge in [0.1, 0.15) is 0 Å². The molecule has 0 amide bonds. The van der Waals surface area contributed by atoms with E-state index in [2.05, 4.69) is 32.6 Å². The maximum atomic E-state index is 12.5. The third kappa shape index (κ3) is 3.96. The van der Waals surface area contributed by atoms with Crippen LogP contribution in [0.1, 0.15) is 18.5 Å². The minimum Gasteiger partial charge on any atom is -0.313 e. The van der Waals surface area contributed by atoms with Gasteiger partial charge in [0.2, 0.25) is 0 Å². The van der Waals surface area contributed by atoms with Gasteiger partial charge in [-0.05, 0) is 66.4 Å². The van der Waals surface area contributed by atoms with Crippen LogP contribution in [0.3, 0.4) is 0 Å². The standard InChI is InChI=1S/C15H17IN2O2S/c1-11(17-2)12-6-5-7-13(10-12)21(19,20)18-15-9-4-3-8-14(15)16/h3-11,17-18H,1-2H3. The zero-order valence-electron chi connectivity index (χ0n) is 11.8. The molecular formula is C15H17IN2O2S. The molecule has 0 bridgehead atoms. The summed E-state index contributed by atoms with van der Waals surface area (Å²) in [7, 11) is -1.74. The summed E-state index contributed by atoms with van der Waals surface area (Å²) in [5, 5.41) is 3.10. The molecule has 0 spiro atoms. The molecule has 2 rings (SSSR count). The summed E-state index contributed by atoms with van der Waals surface area (Å²) in [5.74, 6) is 0. The lowest BCUT2D eigenvalue weighted by atomic mass is 10.1. The van der Waals surface area contributed by atoms with Crippen molar-refractivity contribution in [3.8, 4) is 0 Å². The summed E-state index contributed by atoms with van der Waals surface area (Å²) in [6.07, 6.45) is 0. The molecule has 0 heterocycles. The molecule has 0 aromatic heterocycles. The second-order valence-corrected chi connectivity index (χ2v) is 7.51. The third-order valence-corrected chi connectivity index (χ3v) is 5.52. The van der Waals surface area contributed by atoms with Gasteiger partial charge in [-0.3, -0.25) is 4.72 Å². The van der Waals surface area contributed by atoms with E-state index >= 15 is 0 Å². The van der Waals surface area contributed by atoms with E-state index in [9.17, 15) is 8.42 Å². The maximum absolute atomic E-state index is 12.5. The monoisotopic (exact) mass is 416 g/mol. The molecule has 0 aliphatic carbocycles. The number of benzene rings is 2. The average molecular weight is 416 g/mol. The summed E-state index contributed by atoms with van der Waals surface area (Å²) in [6, 6.07) is 14.3. The van der Waals surface area contributed by atoms with Crippen LogP contribution in [0.15, 0.2) is 53.4 Å². The van der Waals surface area contributed by atoms with Crippen LogP contribution in [0.25, 0.3) is 0 Å². The minimum absolute atomic E-state index is 0.0945. The first-order valence-corrected chi connectivity index (χ1v) is 9.05. The van der Waals surface area contributed by atoms with Crippen molar-refractivity contribution in [1.29, 1.82) is 0 Å². The highest BCUT2D eigenvalue weighted by Gasteiger charge is 2.16. The van der Waals surface area contributed by atoms with Gasteiger partial charge >= 0.3 is 0 Å². The van der Waals surface area contributed by atoms with Crippen molar-refractivity contribution in [3.63, 3.8) is 0 Å². The molecule has 0 fully saturated rings. The van der Waals surface area contributed by atoms with Crippen molar-refractivity contribution in [2.24, 2.45) is 0 Å². The zero-order chi connectivity index (χ0) is 15.5. The average Bonchev–Trinajstić information content (AvgIpc) is 2.49. The molecule has 2 N–H and O–H groups in total. The molecule has 0 saturated carbocycles. The largest absolute Gasteiger partial charge is 0.313 e. The lowest BCUT2D eigenvalue weighted by molar-refractivity contribution is 0.600. The van der Waals surface area contributed by atoms with Gasteiger partial charge in [0, 0.05) is 9.61 Å². The van der Waals surface area contributed by atoms with E-state index in [0.717, 1.165) is 9.13 Å². The molecule has 112 valence electrons. The number of halogens is 1. The van der Waals surface area contributed by atoms with E-state index in [0.29, 0.717) is 5.69 Å². The lowest BCUT2D eigenvalue weighted by Crippen LogP contribution is -2.16. The SMILES string of the molecule is CNC(C)c1cccc(S(=O)(=O)Nc2ccccc2I)c1. The topological polar surface area (TPSA) is 58.2 Å². The van der Waals surface area contributed by atoms with E-state index in [1.54, 1.807) is 30.3 Å². The number of anilines is 1. The summed E-state index contributed by atoms with van der Waals surface area (Å²) in [6.45, 7) is 1.99. The van der Waals surface area contributed by atoms with E-state index in [-0.39, 0.29) is 10.9 Å². The van der Waals surface area contributed by atoms with Crippen LogP contribution in [-0.2, 0) is 10.0 Å². The summed E-state index contributed by atoms with van der Waals surface area (Å²) in [4.78, 5) is 0.266. The normalized spacial score (nSPS) is 12.9. The van der Waals surface area contributed by atoms with Crippen LogP contribution in [0.4, 0.5) is 5.69 Å². The fourth-order valence-electron chi connectivity index (χ4n) is 1.87. The molecule has 6 heteroatoms. The van der Waals surface area contributed by atoms with Crippen molar-refractivity contribution in [2.75, 3.05) is 11.8 Å². The van der Waals surface area contributed by atoms with Crippen LogP contribution >= 0.6 is 22.6 Å². The predicted molar refractivity (Wildman–Crippen MR) is 93.9 cm³/mol. The van der Waals surface area contributed by atoms with Crippen LogP contribution < -0.4 is 10.0 Å². The molecule has 2 aromatic rings. The van der Waals surface area contributed by atoms with Crippen molar-refractivity contribution >= 4 is 38.3 Å². The Kier molecular flexibility index (Phi) is 5.23. The highest BCUT2D eigenvalue weighted by molar-refractivity contribution is 14.1. The van der Waals surface area contributed by atoms with Crippen LogP contribution in [0, 0.1) is 3.57 Å². The Bertz CT molecular complexity index is 732. The van der Waals surface area contributed by atoms with Gasteiger partial charge in [0.05, 0.1) is 10.6 Å². The van der Waals surface area contributed by atoms with Crippen molar-refractivity contribution in [3.05, 3.63) is 57.7 Å². The number of sulfonamides is 1. The Hall–Kier alpha value is -1.12. The Morgan fingerprint density at radius 1 is 1.10 bits per heavy atom. The Morgan fingerprint density at radius 3 is 2.48 bits per heavy atom. The third-order valence-electron chi connectivity index (χ3n) is 3.22. The quantitative estimate of drug-likeness (QED) is 0.735. The predicted octanol–water partition coefficient (Wildman–Crippen LogP) is 3.37. The first kappa shape index (κ1) is 16.3. The molecule has 0 aliphatic rings. The molecule has 1 atom stereocenters. The van der Waals surface area contributed by atoms with Crippen molar-refractivity contribution in [1.82, 2.24) is 5.32 Å². The first-order valence-electron chi connectivity index (χ1n) is 6.48. The zero-order valence-corrected chi connectivity index (χ0v) is 14.8. The first-order chi connectivity index (χ1) is 9.94. The summed E-state index contributed by atoms with van der Waals surface area (Å²) >= 11 is 2.11. The van der Waals surface area contributed by atoms with E-state index < -0.39 is 10.0 Å². The molecule has 21 heavy (non-hydrogen) atoms. The molecule has 4 nitrogen and oxygen atoms in total. The molecule has 2 aromatic carbocycles. The van der Waals surface area contributed by atoms with Gasteiger partial charge in [-0.2, -0.15) is 0 Å². The summed E-state index contributed by atoms with van der Waals surface area (Å²) in [5.41, 5.74) is 1.52. The molecule has 1 unspecified atom stereocenters. The Morgan fingerprint density at radius 2 is 1.81 bits per heavy atom. The fraction of sp³-hybridized carbons (Fsp3) is 0.200. The van der Waals surface area contributed by atoms with Crippen molar-refractivity contribution < 1.29 is 8.42 Å². The van der Waals surface area contributed by atoms with Crippen molar-refractivity contribution in [2.45, 2.75) is 17.9 Å². The molecule has 0 aliphatic heterocycles. The van der Waals surface area contributed by atoms with Gasteiger partial charge in [0.15, 0.2) is 0 Å². The number of nitrogens with one attached hydrogen (secondary N) is 2. The molecule has 0 saturated heterocycles. The highest BCUT2D eigenvalue weighted by Crippen LogP contribution is 2.23. The van der Waals surface area contributed by atoms with Crippen LogP contribution in [-0.4, -0.2) is 15.5 Å². The van der Waals surface area contributed by atoms with Gasteiger partial charge in [0.25, 0.3) is 10.0 Å². The van der Waals surface area contributed by atoms with Gasteiger partial charge in [-0.15, -0.1) is 0 Å². The molecule has 0 radical (unpaired) electrons. The Labute approximate surface area is 139 Å². The molecular weight excluding hydrogens is 399 g/mol. The number of hydrogen-bond acceptors (Lipinski definition) is 3. The number of hydrogen-bond donors (Lipinski definition) is 2. The fourth-order valence-corrected chi connectivity index (χ4v) is 3.70. The second-order valence-electron chi connectivity index (χ2n) is 4.67. The van der Waals surface area contributed by atoms with E-state index in [1.165, 1.54) is 0 Å². The lowest BCUT2D eigenvalue weighted by Gasteiger charge is -2.13. The minimum atomic E-state index is -3.58. The smallest absolute Gasteiger partial charge is 0.261 e.